The van der Waals surface area contributed by atoms with Crippen LogP contribution in [0.5, 0.6) is 0 Å². The molecular weight excluding hydrogens is 323 g/mol. The van der Waals surface area contributed by atoms with Crippen molar-refractivity contribution in [2.45, 2.75) is 13.3 Å². The van der Waals surface area contributed by atoms with Crippen LogP contribution >= 0.6 is 33.9 Å². The fraction of sp³-hybridized carbons (Fsp3) is 0.200. The van der Waals surface area contributed by atoms with Gasteiger partial charge in [0.25, 0.3) is 5.56 Å². The van der Waals surface area contributed by atoms with E-state index >= 15 is 0 Å². The van der Waals surface area contributed by atoms with Crippen LogP contribution in [0.3, 0.4) is 0 Å². The molecule has 2 rings (SSSR count). The molecule has 0 aromatic carbocycles. The van der Waals surface area contributed by atoms with E-state index in [1.165, 1.54) is 0 Å². The average Bonchev–Trinajstić information content (AvgIpc) is 2.75. The predicted octanol–water partition coefficient (Wildman–Crippen LogP) is 2.67. The van der Waals surface area contributed by atoms with Crippen LogP contribution in [0, 0.1) is 3.57 Å². The number of rotatable bonds is 2. The smallest absolute Gasteiger partial charge is 0.264 e. The zero-order valence-corrected chi connectivity index (χ0v) is 11.1. The number of aryl methyl sites for hydroxylation is 1. The van der Waals surface area contributed by atoms with Crippen molar-refractivity contribution in [2.24, 2.45) is 0 Å². The highest BCUT2D eigenvalue weighted by molar-refractivity contribution is 14.1. The quantitative estimate of drug-likeness (QED) is 0.860. The van der Waals surface area contributed by atoms with Crippen LogP contribution in [0.4, 0.5) is 0 Å². The molecule has 0 bridgehead atoms. The van der Waals surface area contributed by atoms with Gasteiger partial charge in [-0.3, -0.25) is 4.79 Å². The Hall–Kier alpha value is -0.690. The van der Waals surface area contributed by atoms with E-state index < -0.39 is 0 Å². The molecule has 2 aromatic heterocycles. The zero-order chi connectivity index (χ0) is 10.8. The molecule has 78 valence electrons. The molecule has 0 amide bonds. The molecule has 0 fully saturated rings. The molecule has 5 heteroatoms. The maximum absolute atomic E-state index is 11.6. The third-order valence-corrected chi connectivity index (χ3v) is 3.86. The summed E-state index contributed by atoms with van der Waals surface area (Å²) in [5.74, 6) is 0.665. The number of nitrogens with one attached hydrogen (secondary N) is 1. The first-order valence-electron chi connectivity index (χ1n) is 4.53. The number of halogens is 1. The third-order valence-electron chi connectivity index (χ3n) is 2.06. The molecule has 0 saturated heterocycles. The normalized spacial score (nSPS) is 10.5. The second-order valence-corrected chi connectivity index (χ2v) is 4.90. The number of H-pyrrole nitrogens is 1. The van der Waals surface area contributed by atoms with Crippen molar-refractivity contribution >= 4 is 33.9 Å². The van der Waals surface area contributed by atoms with Crippen molar-refractivity contribution in [1.29, 1.82) is 0 Å². The SMILES string of the molecule is CCc1nc(-c2ccsc2)[nH]c(=O)c1I. The Morgan fingerprint density at radius 2 is 2.40 bits per heavy atom. The minimum Gasteiger partial charge on any atom is -0.306 e. The summed E-state index contributed by atoms with van der Waals surface area (Å²) >= 11 is 3.63. The summed E-state index contributed by atoms with van der Waals surface area (Å²) in [4.78, 5) is 18.8. The maximum atomic E-state index is 11.6. The molecule has 0 aliphatic heterocycles. The Morgan fingerprint density at radius 3 is 3.00 bits per heavy atom. The monoisotopic (exact) mass is 332 g/mol. The summed E-state index contributed by atoms with van der Waals surface area (Å²) in [6, 6.07) is 1.95. The van der Waals surface area contributed by atoms with E-state index in [0.717, 1.165) is 17.7 Å². The lowest BCUT2D eigenvalue weighted by Crippen LogP contribution is -2.15. The second kappa shape index (κ2) is 4.44. The molecule has 1 N–H and O–H groups in total. The Balaban J connectivity index is 2.61. The number of thiophene rings is 1. The summed E-state index contributed by atoms with van der Waals surface area (Å²) in [7, 11) is 0. The molecule has 0 radical (unpaired) electrons. The molecule has 0 spiro atoms. The fourth-order valence-corrected chi connectivity index (χ4v) is 2.55. The van der Waals surface area contributed by atoms with E-state index in [-0.39, 0.29) is 5.56 Å². The minimum absolute atomic E-state index is 0.0522. The van der Waals surface area contributed by atoms with Crippen molar-refractivity contribution in [3.05, 3.63) is 36.4 Å². The van der Waals surface area contributed by atoms with Gasteiger partial charge in [-0.2, -0.15) is 11.3 Å². The Kier molecular flexibility index (Phi) is 3.20. The van der Waals surface area contributed by atoms with Gasteiger partial charge in [-0.25, -0.2) is 4.98 Å². The van der Waals surface area contributed by atoms with Crippen LogP contribution in [0.1, 0.15) is 12.6 Å². The maximum Gasteiger partial charge on any atom is 0.264 e. The third kappa shape index (κ3) is 2.12. The molecule has 15 heavy (non-hydrogen) atoms. The van der Waals surface area contributed by atoms with Crippen molar-refractivity contribution in [2.75, 3.05) is 0 Å². The Morgan fingerprint density at radius 1 is 1.60 bits per heavy atom. The first-order chi connectivity index (χ1) is 7.22. The van der Waals surface area contributed by atoms with E-state index in [4.69, 9.17) is 0 Å². The van der Waals surface area contributed by atoms with Gasteiger partial charge in [0.2, 0.25) is 0 Å². The van der Waals surface area contributed by atoms with Gasteiger partial charge in [-0.15, -0.1) is 0 Å². The predicted molar refractivity (Wildman–Crippen MR) is 70.3 cm³/mol. The highest BCUT2D eigenvalue weighted by Crippen LogP contribution is 2.18. The molecule has 0 saturated carbocycles. The van der Waals surface area contributed by atoms with Gasteiger partial charge < -0.3 is 4.98 Å². The number of aromatic nitrogens is 2. The van der Waals surface area contributed by atoms with E-state index in [2.05, 4.69) is 9.97 Å². The Bertz CT molecular complexity index is 519. The van der Waals surface area contributed by atoms with Crippen LogP contribution < -0.4 is 5.56 Å². The van der Waals surface area contributed by atoms with Crippen LogP contribution in [0.2, 0.25) is 0 Å². The van der Waals surface area contributed by atoms with Crippen molar-refractivity contribution in [1.82, 2.24) is 9.97 Å². The summed E-state index contributed by atoms with van der Waals surface area (Å²) in [5, 5.41) is 3.95. The van der Waals surface area contributed by atoms with Crippen LogP contribution in [0.15, 0.2) is 21.6 Å². The fourth-order valence-electron chi connectivity index (χ4n) is 1.28. The number of hydrogen-bond donors (Lipinski definition) is 1. The average molecular weight is 332 g/mol. The summed E-state index contributed by atoms with van der Waals surface area (Å²) in [5.41, 5.74) is 1.78. The van der Waals surface area contributed by atoms with E-state index in [1.54, 1.807) is 11.3 Å². The Labute approximate surface area is 105 Å². The second-order valence-electron chi connectivity index (χ2n) is 3.04. The molecule has 0 unspecified atom stereocenters. The first kappa shape index (κ1) is 10.8. The van der Waals surface area contributed by atoms with Gasteiger partial charge in [0.05, 0.1) is 9.26 Å². The largest absolute Gasteiger partial charge is 0.306 e. The van der Waals surface area contributed by atoms with Crippen molar-refractivity contribution < 1.29 is 0 Å². The summed E-state index contributed by atoms with van der Waals surface area (Å²) < 4.78 is 0.689. The molecule has 2 heterocycles. The van der Waals surface area contributed by atoms with Crippen molar-refractivity contribution in [3.8, 4) is 11.4 Å². The van der Waals surface area contributed by atoms with Gasteiger partial charge in [-0.05, 0) is 40.5 Å². The lowest BCUT2D eigenvalue weighted by Gasteiger charge is -2.02. The summed E-state index contributed by atoms with van der Waals surface area (Å²) in [6.45, 7) is 2.00. The first-order valence-corrected chi connectivity index (χ1v) is 6.55. The van der Waals surface area contributed by atoms with E-state index in [9.17, 15) is 4.79 Å². The van der Waals surface area contributed by atoms with Gasteiger partial charge in [0.1, 0.15) is 5.82 Å². The molecular formula is C10H9IN2OS. The zero-order valence-electron chi connectivity index (χ0n) is 8.08. The van der Waals surface area contributed by atoms with Crippen LogP contribution in [-0.2, 0) is 6.42 Å². The van der Waals surface area contributed by atoms with Gasteiger partial charge in [0.15, 0.2) is 0 Å². The van der Waals surface area contributed by atoms with E-state index in [0.29, 0.717) is 9.39 Å². The highest BCUT2D eigenvalue weighted by atomic mass is 127. The molecule has 0 aliphatic rings. The van der Waals surface area contributed by atoms with Gasteiger partial charge in [-0.1, -0.05) is 6.92 Å². The highest BCUT2D eigenvalue weighted by Gasteiger charge is 2.08. The number of hydrogen-bond acceptors (Lipinski definition) is 3. The standard InChI is InChI=1S/C10H9IN2OS/c1-2-7-8(11)10(14)13-9(12-7)6-3-4-15-5-6/h3-5H,2H2,1H3,(H,12,13,14). The van der Waals surface area contributed by atoms with Crippen LogP contribution in [0.25, 0.3) is 11.4 Å². The van der Waals surface area contributed by atoms with Crippen LogP contribution in [-0.4, -0.2) is 9.97 Å². The summed E-state index contributed by atoms with van der Waals surface area (Å²) in [6.07, 6.45) is 0.777. The number of aromatic amines is 1. The molecule has 0 aliphatic carbocycles. The molecule has 2 aromatic rings. The van der Waals surface area contributed by atoms with Gasteiger partial charge >= 0.3 is 0 Å². The molecule has 3 nitrogen and oxygen atoms in total. The number of nitrogens with zero attached hydrogens (tertiary/aromatic N) is 1. The van der Waals surface area contributed by atoms with Gasteiger partial charge in [0, 0.05) is 10.9 Å². The topological polar surface area (TPSA) is 45.8 Å². The molecule has 0 atom stereocenters. The lowest BCUT2D eigenvalue weighted by molar-refractivity contribution is 0.969. The van der Waals surface area contributed by atoms with E-state index in [1.807, 2.05) is 46.3 Å². The minimum atomic E-state index is -0.0522. The lowest BCUT2D eigenvalue weighted by atomic mass is 10.3. The van der Waals surface area contributed by atoms with Crippen molar-refractivity contribution in [3.63, 3.8) is 0 Å².